The lowest BCUT2D eigenvalue weighted by Crippen LogP contribution is -2.44. The maximum Gasteiger partial charge on any atom is 0.323 e. The summed E-state index contributed by atoms with van der Waals surface area (Å²) in [5, 5.41) is 18.7. The summed E-state index contributed by atoms with van der Waals surface area (Å²) in [6.07, 6.45) is 3.21. The highest BCUT2D eigenvalue weighted by atomic mass is 19.1. The van der Waals surface area contributed by atoms with Crippen molar-refractivity contribution in [3.8, 4) is 0 Å². The largest absolute Gasteiger partial charge is 0.391 e. The number of anilines is 3. The first kappa shape index (κ1) is 26.4. The van der Waals surface area contributed by atoms with Crippen LogP contribution in [-0.2, 0) is 28.9 Å². The molecule has 0 spiro atoms. The normalized spacial score (nSPS) is 18.3. The molecule has 4 amide bonds. The molecule has 3 aromatic carbocycles. The van der Waals surface area contributed by atoms with Crippen molar-refractivity contribution in [3.05, 3.63) is 89.2 Å². The molecule has 1 fully saturated rings. The molecular weight excluding hydrogens is 499 g/mol. The number of rotatable bonds is 6. The summed E-state index contributed by atoms with van der Waals surface area (Å²) in [6, 6.07) is 17.3. The summed E-state index contributed by atoms with van der Waals surface area (Å²) in [6.45, 7) is -0.00364. The van der Waals surface area contributed by atoms with Crippen molar-refractivity contribution in [2.24, 2.45) is 0 Å². The van der Waals surface area contributed by atoms with E-state index in [0.717, 1.165) is 31.4 Å². The number of fused-ring (bicyclic) bond motifs is 1. The summed E-state index contributed by atoms with van der Waals surface area (Å²) >= 11 is 0. The molecule has 1 aliphatic carbocycles. The Morgan fingerprint density at radius 1 is 0.897 bits per heavy atom. The molecule has 202 valence electrons. The van der Waals surface area contributed by atoms with E-state index in [1.54, 1.807) is 36.4 Å². The minimum atomic E-state index is -0.900. The number of halogens is 1. The number of likely N-dealkylation sites (tertiary alicyclic amines) is 1. The van der Waals surface area contributed by atoms with Gasteiger partial charge in [0.1, 0.15) is 11.9 Å². The second-order valence-electron chi connectivity index (χ2n) is 10.0. The molecule has 0 saturated carbocycles. The smallest absolute Gasteiger partial charge is 0.323 e. The molecule has 2 unspecified atom stereocenters. The highest BCUT2D eigenvalue weighted by Crippen LogP contribution is 2.28. The van der Waals surface area contributed by atoms with Gasteiger partial charge in [0, 0.05) is 30.0 Å². The highest BCUT2D eigenvalue weighted by molar-refractivity contribution is 6.02. The number of nitrogens with one attached hydrogen (secondary N) is 3. The van der Waals surface area contributed by atoms with Crippen molar-refractivity contribution in [2.45, 2.75) is 50.7 Å². The standard InChI is InChI=1S/C30H31FN4O4/c31-25-13-4-2-8-20(25)15-28(37)35-18-23(36)17-27(35)29(38)32-21-10-6-11-22(16-21)33-30(39)34-26-14-5-9-19-7-1-3-12-24(19)26/h2,4-6,8-11,13-14,16,23,27,36H,1,3,7,12,15,17-18H2,(H,32,38)(H2,33,34,39). The number of benzene rings is 3. The molecule has 1 saturated heterocycles. The van der Waals surface area contributed by atoms with E-state index in [0.29, 0.717) is 11.4 Å². The number of hydrogen-bond donors (Lipinski definition) is 4. The van der Waals surface area contributed by atoms with E-state index in [1.165, 1.54) is 28.2 Å². The lowest BCUT2D eigenvalue weighted by Gasteiger charge is -2.24. The zero-order valence-electron chi connectivity index (χ0n) is 21.5. The molecule has 0 aromatic heterocycles. The van der Waals surface area contributed by atoms with Crippen molar-refractivity contribution in [2.75, 3.05) is 22.5 Å². The molecule has 2 aliphatic rings. The lowest BCUT2D eigenvalue weighted by molar-refractivity contribution is -0.136. The Hall–Kier alpha value is -4.24. The number of aliphatic hydroxyl groups excluding tert-OH is 1. The Labute approximate surface area is 226 Å². The van der Waals surface area contributed by atoms with Gasteiger partial charge in [-0.15, -0.1) is 0 Å². The van der Waals surface area contributed by atoms with Crippen LogP contribution in [0.5, 0.6) is 0 Å². The third-order valence-corrected chi connectivity index (χ3v) is 7.23. The Balaban J connectivity index is 1.22. The Morgan fingerprint density at radius 2 is 1.64 bits per heavy atom. The molecule has 3 aromatic rings. The fraction of sp³-hybridized carbons (Fsp3) is 0.300. The third-order valence-electron chi connectivity index (χ3n) is 7.23. The summed E-state index contributed by atoms with van der Waals surface area (Å²) in [7, 11) is 0. The van der Waals surface area contributed by atoms with E-state index < -0.39 is 29.8 Å². The first-order chi connectivity index (χ1) is 18.9. The lowest BCUT2D eigenvalue weighted by atomic mass is 9.90. The molecule has 1 aliphatic heterocycles. The zero-order chi connectivity index (χ0) is 27.4. The van der Waals surface area contributed by atoms with Crippen LogP contribution in [0.15, 0.2) is 66.7 Å². The minimum Gasteiger partial charge on any atom is -0.391 e. The molecule has 8 nitrogen and oxygen atoms in total. The SMILES string of the molecule is O=C(Nc1cccc(NC(=O)C2CC(O)CN2C(=O)Cc2ccccc2F)c1)Nc1cccc2c1CCCC2. The number of aryl methyl sites for hydroxylation is 1. The number of carbonyl (C=O) groups is 3. The van der Waals surface area contributed by atoms with Crippen LogP contribution in [0.4, 0.5) is 26.2 Å². The molecule has 0 bridgehead atoms. The van der Waals surface area contributed by atoms with Crippen LogP contribution in [0.3, 0.4) is 0 Å². The Morgan fingerprint density at radius 3 is 2.46 bits per heavy atom. The number of hydrogen-bond acceptors (Lipinski definition) is 4. The van der Waals surface area contributed by atoms with Gasteiger partial charge in [-0.25, -0.2) is 9.18 Å². The predicted octanol–water partition coefficient (Wildman–Crippen LogP) is 4.49. The fourth-order valence-electron chi connectivity index (χ4n) is 5.33. The Kier molecular flexibility index (Phi) is 7.88. The van der Waals surface area contributed by atoms with Gasteiger partial charge in [0.05, 0.1) is 12.5 Å². The molecule has 9 heteroatoms. The average Bonchev–Trinajstić information content (AvgIpc) is 3.32. The predicted molar refractivity (Wildman–Crippen MR) is 147 cm³/mol. The molecule has 4 N–H and O–H groups in total. The first-order valence-corrected chi connectivity index (χ1v) is 13.2. The van der Waals surface area contributed by atoms with Gasteiger partial charge in [-0.3, -0.25) is 9.59 Å². The number of amides is 4. The van der Waals surface area contributed by atoms with Crippen molar-refractivity contribution in [1.29, 1.82) is 0 Å². The monoisotopic (exact) mass is 530 g/mol. The second-order valence-corrected chi connectivity index (χ2v) is 10.0. The van der Waals surface area contributed by atoms with Crippen LogP contribution in [0.2, 0.25) is 0 Å². The minimum absolute atomic E-state index is 0.00364. The molecular formula is C30H31FN4O4. The van der Waals surface area contributed by atoms with Crippen LogP contribution >= 0.6 is 0 Å². The summed E-state index contributed by atoms with van der Waals surface area (Å²) in [5.41, 5.74) is 4.38. The zero-order valence-corrected chi connectivity index (χ0v) is 21.5. The number of carbonyl (C=O) groups excluding carboxylic acids is 3. The fourth-order valence-corrected chi connectivity index (χ4v) is 5.33. The van der Waals surface area contributed by atoms with E-state index >= 15 is 0 Å². The molecule has 39 heavy (non-hydrogen) atoms. The second kappa shape index (κ2) is 11.7. The van der Waals surface area contributed by atoms with Crippen molar-refractivity contribution in [3.63, 3.8) is 0 Å². The van der Waals surface area contributed by atoms with Gasteiger partial charge < -0.3 is 26.0 Å². The van der Waals surface area contributed by atoms with Gasteiger partial charge in [0.15, 0.2) is 0 Å². The number of nitrogens with zero attached hydrogens (tertiary/aromatic N) is 1. The summed E-state index contributed by atoms with van der Waals surface area (Å²) in [5.74, 6) is -1.40. The van der Waals surface area contributed by atoms with Gasteiger partial charge in [-0.2, -0.15) is 0 Å². The van der Waals surface area contributed by atoms with Crippen molar-refractivity contribution >= 4 is 34.9 Å². The maximum absolute atomic E-state index is 14.0. The summed E-state index contributed by atoms with van der Waals surface area (Å²) < 4.78 is 14.0. The highest BCUT2D eigenvalue weighted by Gasteiger charge is 2.39. The first-order valence-electron chi connectivity index (χ1n) is 13.2. The number of β-amino-alcohol motifs (C(OH)–C–C–N with tert-alkyl or cyclic N) is 1. The van der Waals surface area contributed by atoms with E-state index in [4.69, 9.17) is 0 Å². The van der Waals surface area contributed by atoms with Crippen LogP contribution in [-0.4, -0.2) is 46.5 Å². The summed E-state index contributed by atoms with van der Waals surface area (Å²) in [4.78, 5) is 40.0. The number of aliphatic hydroxyl groups is 1. The number of urea groups is 1. The van der Waals surface area contributed by atoms with Gasteiger partial charge in [-0.05, 0) is 72.7 Å². The average molecular weight is 531 g/mol. The molecule has 5 rings (SSSR count). The van der Waals surface area contributed by atoms with Crippen LogP contribution in [0.25, 0.3) is 0 Å². The van der Waals surface area contributed by atoms with Gasteiger partial charge in [-0.1, -0.05) is 36.4 Å². The van der Waals surface area contributed by atoms with Gasteiger partial charge >= 0.3 is 6.03 Å². The molecule has 0 radical (unpaired) electrons. The maximum atomic E-state index is 14.0. The van der Waals surface area contributed by atoms with E-state index in [-0.39, 0.29) is 31.0 Å². The quantitative estimate of drug-likeness (QED) is 0.376. The third kappa shape index (κ3) is 6.26. The van der Waals surface area contributed by atoms with Crippen LogP contribution in [0, 0.1) is 5.82 Å². The van der Waals surface area contributed by atoms with E-state index in [9.17, 15) is 23.9 Å². The van der Waals surface area contributed by atoms with Crippen molar-refractivity contribution in [1.82, 2.24) is 4.90 Å². The van der Waals surface area contributed by atoms with Gasteiger partial charge in [0.25, 0.3) is 0 Å². The van der Waals surface area contributed by atoms with Gasteiger partial charge in [0.2, 0.25) is 11.8 Å². The van der Waals surface area contributed by atoms with Crippen LogP contribution in [0.1, 0.15) is 36.0 Å². The molecule has 2 atom stereocenters. The Bertz CT molecular complexity index is 1390. The van der Waals surface area contributed by atoms with Crippen LogP contribution < -0.4 is 16.0 Å². The van der Waals surface area contributed by atoms with Crippen molar-refractivity contribution < 1.29 is 23.9 Å². The van der Waals surface area contributed by atoms with E-state index in [2.05, 4.69) is 22.0 Å². The molecule has 1 heterocycles. The van der Waals surface area contributed by atoms with E-state index in [1.807, 2.05) is 12.1 Å². The topological polar surface area (TPSA) is 111 Å².